The normalized spacial score (nSPS) is 11.7. The molecule has 0 aliphatic heterocycles. The topological polar surface area (TPSA) is 67.9 Å². The third kappa shape index (κ3) is 8.64. The zero-order valence-electron chi connectivity index (χ0n) is 22.9. The van der Waals surface area contributed by atoms with Crippen LogP contribution in [0.5, 0.6) is 11.5 Å². The Morgan fingerprint density at radius 3 is 2.15 bits per heavy atom. The summed E-state index contributed by atoms with van der Waals surface area (Å²) in [7, 11) is 3.15. The van der Waals surface area contributed by atoms with Crippen LogP contribution in [0.25, 0.3) is 0 Å². The summed E-state index contributed by atoms with van der Waals surface area (Å²) in [4.78, 5) is 29.1. The molecule has 0 radical (unpaired) electrons. The highest BCUT2D eigenvalue weighted by Gasteiger charge is 2.31. The molecule has 0 fully saturated rings. The van der Waals surface area contributed by atoms with Crippen molar-refractivity contribution in [1.82, 2.24) is 10.2 Å². The fourth-order valence-electron chi connectivity index (χ4n) is 4.26. The van der Waals surface area contributed by atoms with Crippen molar-refractivity contribution in [2.45, 2.75) is 45.7 Å². The first kappa shape index (κ1) is 30.3. The van der Waals surface area contributed by atoms with E-state index < -0.39 is 6.04 Å². The molecule has 1 atom stereocenters. The summed E-state index contributed by atoms with van der Waals surface area (Å²) in [5.41, 5.74) is 2.47. The average molecular weight is 572 g/mol. The van der Waals surface area contributed by atoms with Crippen molar-refractivity contribution < 1.29 is 19.1 Å². The molecular weight excluding hydrogens is 535 g/mol. The molecule has 3 aromatic carbocycles. The summed E-state index contributed by atoms with van der Waals surface area (Å²) in [6.07, 6.45) is 0.993. The molecule has 0 aliphatic rings. The molecule has 0 bridgehead atoms. The summed E-state index contributed by atoms with van der Waals surface area (Å²) < 4.78 is 10.7. The summed E-state index contributed by atoms with van der Waals surface area (Å²) in [5.74, 6) is 1.08. The van der Waals surface area contributed by atoms with Gasteiger partial charge in [0.1, 0.15) is 6.04 Å². The highest BCUT2D eigenvalue weighted by molar-refractivity contribution is 6.36. The Balaban J connectivity index is 1.95. The summed E-state index contributed by atoms with van der Waals surface area (Å²) >= 11 is 13.0. The highest BCUT2D eigenvalue weighted by Crippen LogP contribution is 2.30. The molecule has 1 N–H and O–H groups in total. The number of halogens is 2. The maximum atomic E-state index is 13.9. The number of methoxy groups -OCH3 is 2. The Labute approximate surface area is 241 Å². The molecule has 0 saturated heterocycles. The van der Waals surface area contributed by atoms with Gasteiger partial charge in [-0.15, -0.1) is 0 Å². The molecule has 2 amide bonds. The molecule has 8 heteroatoms. The van der Waals surface area contributed by atoms with E-state index in [0.29, 0.717) is 46.5 Å². The molecule has 0 spiro atoms. The second-order valence-corrected chi connectivity index (χ2v) is 10.6. The minimum atomic E-state index is -0.753. The lowest BCUT2D eigenvalue weighted by atomic mass is 10.0. The first-order valence-corrected chi connectivity index (χ1v) is 13.7. The van der Waals surface area contributed by atoms with Crippen LogP contribution in [0.4, 0.5) is 0 Å². The number of benzene rings is 3. The number of hydrogen-bond acceptors (Lipinski definition) is 4. The van der Waals surface area contributed by atoms with Crippen LogP contribution in [-0.4, -0.2) is 43.5 Å². The predicted molar refractivity (Wildman–Crippen MR) is 157 cm³/mol. The number of aryl methyl sites for hydroxylation is 1. The van der Waals surface area contributed by atoms with E-state index in [1.165, 1.54) is 0 Å². The second-order valence-electron chi connectivity index (χ2n) is 9.76. The molecule has 3 rings (SSSR count). The second kappa shape index (κ2) is 14.8. The lowest BCUT2D eigenvalue weighted by Gasteiger charge is -2.32. The molecule has 0 unspecified atom stereocenters. The number of ether oxygens (including phenoxy) is 2. The average Bonchev–Trinajstić information content (AvgIpc) is 2.93. The van der Waals surface area contributed by atoms with E-state index in [1.807, 2.05) is 62.4 Å². The van der Waals surface area contributed by atoms with Crippen LogP contribution in [0, 0.1) is 5.92 Å². The third-order valence-electron chi connectivity index (χ3n) is 6.42. The molecule has 0 heterocycles. The van der Waals surface area contributed by atoms with E-state index >= 15 is 0 Å². The van der Waals surface area contributed by atoms with Crippen LogP contribution in [0.15, 0.2) is 66.7 Å². The van der Waals surface area contributed by atoms with Crippen molar-refractivity contribution in [3.05, 3.63) is 93.5 Å². The standard InChI is InChI=1S/C31H36Cl2N2O4/c1-21(2)19-34-31(37)27(17-22-9-6-5-7-10-22)35(20-24-25(32)11-8-12-26(24)33)30(36)16-14-23-13-15-28(38-3)29(18-23)39-4/h5-13,15,18,21,27H,14,16-17,19-20H2,1-4H3,(H,34,37)/t27-/m1/s1. The van der Waals surface area contributed by atoms with Gasteiger partial charge < -0.3 is 19.7 Å². The van der Waals surface area contributed by atoms with Gasteiger partial charge in [-0.1, -0.05) is 79.5 Å². The molecule has 0 saturated carbocycles. The van der Waals surface area contributed by atoms with E-state index in [1.54, 1.807) is 37.3 Å². The van der Waals surface area contributed by atoms with Gasteiger partial charge in [-0.3, -0.25) is 9.59 Å². The number of amides is 2. The SMILES string of the molecule is COc1ccc(CCC(=O)N(Cc2c(Cl)cccc2Cl)[C@H](Cc2ccccc2)C(=O)NCC(C)C)cc1OC. The minimum Gasteiger partial charge on any atom is -0.493 e. The lowest BCUT2D eigenvalue weighted by Crippen LogP contribution is -2.51. The maximum Gasteiger partial charge on any atom is 0.243 e. The smallest absolute Gasteiger partial charge is 0.243 e. The van der Waals surface area contributed by atoms with E-state index in [9.17, 15) is 9.59 Å². The largest absolute Gasteiger partial charge is 0.493 e. The molecule has 39 heavy (non-hydrogen) atoms. The van der Waals surface area contributed by atoms with Crippen molar-refractivity contribution >= 4 is 35.0 Å². The molecule has 6 nitrogen and oxygen atoms in total. The van der Waals surface area contributed by atoms with Crippen LogP contribution < -0.4 is 14.8 Å². The van der Waals surface area contributed by atoms with Gasteiger partial charge in [0, 0.05) is 41.5 Å². The molecule has 0 aliphatic carbocycles. The fraction of sp³-hybridized carbons (Fsp3) is 0.355. The van der Waals surface area contributed by atoms with Crippen molar-refractivity contribution in [2.75, 3.05) is 20.8 Å². The summed E-state index contributed by atoms with van der Waals surface area (Å²) in [6.45, 7) is 4.67. The van der Waals surface area contributed by atoms with Crippen molar-refractivity contribution in [2.24, 2.45) is 5.92 Å². The molecule has 0 aromatic heterocycles. The van der Waals surface area contributed by atoms with Gasteiger partial charge in [-0.2, -0.15) is 0 Å². The maximum absolute atomic E-state index is 13.9. The third-order valence-corrected chi connectivity index (χ3v) is 7.13. The van der Waals surface area contributed by atoms with E-state index in [-0.39, 0.29) is 30.7 Å². The zero-order valence-corrected chi connectivity index (χ0v) is 24.4. The van der Waals surface area contributed by atoms with Gasteiger partial charge >= 0.3 is 0 Å². The van der Waals surface area contributed by atoms with Crippen LogP contribution in [-0.2, 0) is 29.0 Å². The Morgan fingerprint density at radius 2 is 1.54 bits per heavy atom. The van der Waals surface area contributed by atoms with E-state index in [0.717, 1.165) is 11.1 Å². The van der Waals surface area contributed by atoms with Gasteiger partial charge in [0.15, 0.2) is 11.5 Å². The highest BCUT2D eigenvalue weighted by atomic mass is 35.5. The number of hydrogen-bond donors (Lipinski definition) is 1. The van der Waals surface area contributed by atoms with E-state index in [2.05, 4.69) is 5.32 Å². The first-order chi connectivity index (χ1) is 18.7. The zero-order chi connectivity index (χ0) is 28.4. The van der Waals surface area contributed by atoms with E-state index in [4.69, 9.17) is 32.7 Å². The van der Waals surface area contributed by atoms with Gasteiger partial charge in [0.2, 0.25) is 11.8 Å². The Kier molecular flexibility index (Phi) is 11.5. The summed E-state index contributed by atoms with van der Waals surface area (Å²) in [6, 6.07) is 19.7. The van der Waals surface area contributed by atoms with Gasteiger partial charge in [0.05, 0.1) is 14.2 Å². The Bertz CT molecular complexity index is 1230. The number of nitrogens with one attached hydrogen (secondary N) is 1. The predicted octanol–water partition coefficient (Wildman–Crippen LogP) is 6.36. The number of nitrogens with zero attached hydrogens (tertiary/aromatic N) is 1. The number of rotatable bonds is 13. The lowest BCUT2D eigenvalue weighted by molar-refractivity contribution is -0.141. The Morgan fingerprint density at radius 1 is 0.872 bits per heavy atom. The molecule has 208 valence electrons. The summed E-state index contributed by atoms with van der Waals surface area (Å²) in [5, 5.41) is 3.92. The van der Waals surface area contributed by atoms with Crippen LogP contribution >= 0.6 is 23.2 Å². The van der Waals surface area contributed by atoms with Crippen LogP contribution in [0.1, 0.15) is 37.0 Å². The van der Waals surface area contributed by atoms with Crippen molar-refractivity contribution in [1.29, 1.82) is 0 Å². The van der Waals surface area contributed by atoms with Gasteiger partial charge in [-0.05, 0) is 47.7 Å². The van der Waals surface area contributed by atoms with Gasteiger partial charge in [-0.25, -0.2) is 0 Å². The monoisotopic (exact) mass is 570 g/mol. The minimum absolute atomic E-state index is 0.107. The molecular formula is C31H36Cl2N2O4. The quantitative estimate of drug-likeness (QED) is 0.260. The Hall–Kier alpha value is -3.22. The van der Waals surface area contributed by atoms with Crippen molar-refractivity contribution in [3.8, 4) is 11.5 Å². The number of carbonyl (C=O) groups excluding carboxylic acids is 2. The first-order valence-electron chi connectivity index (χ1n) is 13.0. The van der Waals surface area contributed by atoms with Crippen LogP contribution in [0.2, 0.25) is 10.0 Å². The van der Waals surface area contributed by atoms with Gasteiger partial charge in [0.25, 0.3) is 0 Å². The number of carbonyl (C=O) groups is 2. The molecule has 3 aromatic rings. The fourth-order valence-corrected chi connectivity index (χ4v) is 4.78. The van der Waals surface area contributed by atoms with Crippen LogP contribution in [0.3, 0.4) is 0 Å². The van der Waals surface area contributed by atoms with Crippen molar-refractivity contribution in [3.63, 3.8) is 0 Å².